The van der Waals surface area contributed by atoms with Crippen LogP contribution in [0.4, 0.5) is 4.39 Å². The summed E-state index contributed by atoms with van der Waals surface area (Å²) in [7, 11) is 1.63. The fourth-order valence-electron chi connectivity index (χ4n) is 1.78. The molecule has 1 amide bonds. The van der Waals surface area contributed by atoms with Gasteiger partial charge in [0, 0.05) is 7.05 Å². The van der Waals surface area contributed by atoms with Crippen LogP contribution in [0.3, 0.4) is 0 Å². The first-order valence-electron chi connectivity index (χ1n) is 7.09. The van der Waals surface area contributed by atoms with Gasteiger partial charge >= 0.3 is 0 Å². The van der Waals surface area contributed by atoms with Crippen molar-refractivity contribution in [3.05, 3.63) is 54.3 Å². The van der Waals surface area contributed by atoms with Crippen molar-refractivity contribution in [3.63, 3.8) is 0 Å². The van der Waals surface area contributed by atoms with E-state index in [0.29, 0.717) is 12.3 Å². The number of phenolic OH excluding ortho intramolecular Hbond substituents is 1. The number of phenols is 1. The van der Waals surface area contributed by atoms with Crippen LogP contribution in [0.2, 0.25) is 0 Å². The predicted octanol–water partition coefficient (Wildman–Crippen LogP) is 2.45. The van der Waals surface area contributed by atoms with Gasteiger partial charge in [0.25, 0.3) is 5.91 Å². The molecule has 0 radical (unpaired) electrons. The third kappa shape index (κ3) is 5.18. The van der Waals surface area contributed by atoms with E-state index in [9.17, 15) is 14.3 Å². The molecule has 2 rings (SSSR count). The van der Waals surface area contributed by atoms with Crippen molar-refractivity contribution >= 4 is 5.91 Å². The molecular formula is C17H18FNO4. The van der Waals surface area contributed by atoms with Crippen LogP contribution in [0, 0.1) is 5.82 Å². The first-order valence-corrected chi connectivity index (χ1v) is 7.09. The van der Waals surface area contributed by atoms with E-state index in [-0.39, 0.29) is 36.4 Å². The van der Waals surface area contributed by atoms with Crippen LogP contribution >= 0.6 is 0 Å². The lowest BCUT2D eigenvalue weighted by Gasteiger charge is -2.18. The summed E-state index contributed by atoms with van der Waals surface area (Å²) in [6, 6.07) is 12.1. The molecule has 0 aliphatic carbocycles. The number of rotatable bonds is 7. The molecule has 0 aliphatic heterocycles. The maximum atomic E-state index is 12.8. The van der Waals surface area contributed by atoms with Crippen LogP contribution in [-0.2, 0) is 4.79 Å². The average Bonchev–Trinajstić information content (AvgIpc) is 2.55. The number of ether oxygens (including phenoxy) is 2. The van der Waals surface area contributed by atoms with Crippen LogP contribution in [-0.4, -0.2) is 42.7 Å². The van der Waals surface area contributed by atoms with E-state index in [1.54, 1.807) is 25.2 Å². The number of hydrogen-bond donors (Lipinski definition) is 1. The smallest absolute Gasteiger partial charge is 0.260 e. The minimum atomic E-state index is -0.328. The molecule has 0 bridgehead atoms. The number of carbonyl (C=O) groups is 1. The zero-order valence-corrected chi connectivity index (χ0v) is 12.7. The Morgan fingerprint density at radius 2 is 1.83 bits per heavy atom. The van der Waals surface area contributed by atoms with Gasteiger partial charge in [-0.05, 0) is 36.4 Å². The van der Waals surface area contributed by atoms with Crippen molar-refractivity contribution < 1.29 is 23.8 Å². The van der Waals surface area contributed by atoms with E-state index in [0.717, 1.165) is 0 Å². The Kier molecular flexibility index (Phi) is 5.80. The fraction of sp³-hybridized carbons (Fsp3) is 0.235. The van der Waals surface area contributed by atoms with Crippen molar-refractivity contribution in [2.75, 3.05) is 26.8 Å². The van der Waals surface area contributed by atoms with Gasteiger partial charge in [-0.1, -0.05) is 12.1 Å². The van der Waals surface area contributed by atoms with Crippen molar-refractivity contribution in [2.45, 2.75) is 0 Å². The van der Waals surface area contributed by atoms with Gasteiger partial charge in [0.2, 0.25) is 0 Å². The average molecular weight is 319 g/mol. The molecule has 0 saturated carbocycles. The normalized spacial score (nSPS) is 10.2. The zero-order chi connectivity index (χ0) is 16.7. The van der Waals surface area contributed by atoms with Crippen LogP contribution in [0.25, 0.3) is 0 Å². The van der Waals surface area contributed by atoms with Gasteiger partial charge in [-0.2, -0.15) is 0 Å². The van der Waals surface area contributed by atoms with Gasteiger partial charge in [0.1, 0.15) is 18.2 Å². The Morgan fingerprint density at radius 1 is 1.13 bits per heavy atom. The predicted molar refractivity (Wildman–Crippen MR) is 83.1 cm³/mol. The van der Waals surface area contributed by atoms with Crippen LogP contribution in [0.5, 0.6) is 17.2 Å². The van der Waals surface area contributed by atoms with E-state index in [1.807, 2.05) is 0 Å². The summed E-state index contributed by atoms with van der Waals surface area (Å²) < 4.78 is 23.5. The number of hydrogen-bond acceptors (Lipinski definition) is 4. The number of aromatic hydroxyl groups is 1. The first-order chi connectivity index (χ1) is 11.1. The number of benzene rings is 2. The summed E-state index contributed by atoms with van der Waals surface area (Å²) in [6.45, 7) is 0.468. The lowest BCUT2D eigenvalue weighted by atomic mass is 10.3. The van der Waals surface area contributed by atoms with E-state index < -0.39 is 0 Å². The monoisotopic (exact) mass is 319 g/mol. The lowest BCUT2D eigenvalue weighted by Crippen LogP contribution is -2.34. The minimum Gasteiger partial charge on any atom is -0.504 e. The van der Waals surface area contributed by atoms with Crippen molar-refractivity contribution in [3.8, 4) is 17.2 Å². The highest BCUT2D eigenvalue weighted by atomic mass is 19.1. The first kappa shape index (κ1) is 16.6. The third-order valence-electron chi connectivity index (χ3n) is 3.15. The molecule has 0 aliphatic rings. The Labute approximate surface area is 133 Å². The maximum absolute atomic E-state index is 12.8. The topological polar surface area (TPSA) is 59.0 Å². The number of carbonyl (C=O) groups excluding carboxylic acids is 1. The summed E-state index contributed by atoms with van der Waals surface area (Å²) in [5.41, 5.74) is 0. The Morgan fingerprint density at radius 3 is 2.52 bits per heavy atom. The molecule has 6 heteroatoms. The van der Waals surface area contributed by atoms with E-state index in [4.69, 9.17) is 9.47 Å². The zero-order valence-electron chi connectivity index (χ0n) is 12.7. The Hall–Kier alpha value is -2.76. The van der Waals surface area contributed by atoms with Crippen LogP contribution < -0.4 is 9.47 Å². The molecule has 122 valence electrons. The number of amides is 1. The van der Waals surface area contributed by atoms with Gasteiger partial charge < -0.3 is 19.5 Å². The second kappa shape index (κ2) is 8.03. The quantitative estimate of drug-likeness (QED) is 0.851. The van der Waals surface area contributed by atoms with Gasteiger partial charge in [-0.3, -0.25) is 4.79 Å². The highest BCUT2D eigenvalue weighted by molar-refractivity contribution is 5.77. The molecule has 0 atom stereocenters. The minimum absolute atomic E-state index is 0.0115. The molecule has 0 unspecified atom stereocenters. The standard InChI is InChI=1S/C17H18FNO4/c1-19(10-11-22-14-8-6-13(18)7-9-14)17(21)12-23-16-5-3-2-4-15(16)20/h2-9,20H,10-12H2,1H3. The molecule has 0 heterocycles. The van der Waals surface area contributed by atoms with Gasteiger partial charge in [-0.25, -0.2) is 4.39 Å². The molecular weight excluding hydrogens is 301 g/mol. The highest BCUT2D eigenvalue weighted by Crippen LogP contribution is 2.24. The molecule has 23 heavy (non-hydrogen) atoms. The molecule has 0 aromatic heterocycles. The van der Waals surface area contributed by atoms with E-state index in [2.05, 4.69) is 0 Å². The summed E-state index contributed by atoms with van der Waals surface area (Å²) >= 11 is 0. The molecule has 1 N–H and O–H groups in total. The molecule has 2 aromatic carbocycles. The molecule has 2 aromatic rings. The van der Waals surface area contributed by atoms with E-state index >= 15 is 0 Å². The number of halogens is 1. The summed E-state index contributed by atoms with van der Waals surface area (Å²) in [6.07, 6.45) is 0. The molecule has 0 saturated heterocycles. The second-order valence-electron chi connectivity index (χ2n) is 4.87. The SMILES string of the molecule is CN(CCOc1ccc(F)cc1)C(=O)COc1ccccc1O. The van der Waals surface area contributed by atoms with Crippen molar-refractivity contribution in [2.24, 2.45) is 0 Å². The number of likely N-dealkylation sites (N-methyl/N-ethyl adjacent to an activating group) is 1. The lowest BCUT2D eigenvalue weighted by molar-refractivity contribution is -0.132. The largest absolute Gasteiger partial charge is 0.504 e. The third-order valence-corrected chi connectivity index (χ3v) is 3.15. The van der Waals surface area contributed by atoms with Crippen LogP contribution in [0.1, 0.15) is 0 Å². The molecule has 0 fully saturated rings. The number of nitrogens with zero attached hydrogens (tertiary/aromatic N) is 1. The van der Waals surface area contributed by atoms with Crippen molar-refractivity contribution in [1.29, 1.82) is 0 Å². The van der Waals surface area contributed by atoms with Gasteiger partial charge in [0.15, 0.2) is 18.1 Å². The summed E-state index contributed by atoms with van der Waals surface area (Å²) in [5, 5.41) is 9.55. The molecule has 0 spiro atoms. The summed E-state index contributed by atoms with van der Waals surface area (Å²) in [5.74, 6) is 0.221. The maximum Gasteiger partial charge on any atom is 0.260 e. The Bertz CT molecular complexity index is 645. The van der Waals surface area contributed by atoms with E-state index in [1.165, 1.54) is 35.2 Å². The van der Waals surface area contributed by atoms with Crippen LogP contribution in [0.15, 0.2) is 48.5 Å². The fourth-order valence-corrected chi connectivity index (χ4v) is 1.78. The highest BCUT2D eigenvalue weighted by Gasteiger charge is 2.11. The summed E-state index contributed by atoms with van der Waals surface area (Å²) in [4.78, 5) is 13.4. The Balaban J connectivity index is 1.72. The van der Waals surface area contributed by atoms with Gasteiger partial charge in [-0.15, -0.1) is 0 Å². The second-order valence-corrected chi connectivity index (χ2v) is 4.87. The molecule has 5 nitrogen and oxygen atoms in total. The van der Waals surface area contributed by atoms with Gasteiger partial charge in [0.05, 0.1) is 6.54 Å². The number of para-hydroxylation sites is 2. The van der Waals surface area contributed by atoms with Crippen molar-refractivity contribution in [1.82, 2.24) is 4.90 Å².